The van der Waals surface area contributed by atoms with Crippen molar-refractivity contribution in [3.8, 4) is 5.75 Å². The lowest BCUT2D eigenvalue weighted by atomic mass is 10.0. The Morgan fingerprint density at radius 3 is 2.55 bits per heavy atom. The molecule has 0 aliphatic heterocycles. The summed E-state index contributed by atoms with van der Waals surface area (Å²) in [7, 11) is 0. The van der Waals surface area contributed by atoms with Gasteiger partial charge in [-0.3, -0.25) is 11.3 Å². The zero-order valence-corrected chi connectivity index (χ0v) is 12.9. The molecule has 0 fully saturated rings. The van der Waals surface area contributed by atoms with Crippen LogP contribution in [0.1, 0.15) is 35.2 Å². The minimum absolute atomic E-state index is 0.0705. The molecule has 108 valence electrons. The summed E-state index contributed by atoms with van der Waals surface area (Å²) >= 11 is 1.85. The van der Waals surface area contributed by atoms with E-state index in [1.807, 2.05) is 36.5 Å². The van der Waals surface area contributed by atoms with Gasteiger partial charge in [-0.25, -0.2) is 0 Å². The van der Waals surface area contributed by atoms with Gasteiger partial charge in [-0.2, -0.15) is 0 Å². The maximum Gasteiger partial charge on any atom is 0.124 e. The molecule has 2 aromatic rings. The number of ether oxygens (including phenoxy) is 1. The van der Waals surface area contributed by atoms with Gasteiger partial charge in [0.2, 0.25) is 0 Å². The summed E-state index contributed by atoms with van der Waals surface area (Å²) < 4.78 is 5.69. The van der Waals surface area contributed by atoms with Crippen molar-refractivity contribution in [3.05, 3.63) is 51.7 Å². The summed E-state index contributed by atoms with van der Waals surface area (Å²) in [4.78, 5) is 2.75. The van der Waals surface area contributed by atoms with E-state index in [-0.39, 0.29) is 6.04 Å². The minimum Gasteiger partial charge on any atom is -0.494 e. The monoisotopic (exact) mass is 290 g/mol. The molecule has 2 rings (SSSR count). The van der Waals surface area contributed by atoms with E-state index in [1.54, 1.807) is 0 Å². The third-order valence-corrected chi connectivity index (χ3v) is 4.52. The molecule has 3 N–H and O–H groups in total. The van der Waals surface area contributed by atoms with Crippen molar-refractivity contribution in [3.63, 3.8) is 0 Å². The fourth-order valence-electron chi connectivity index (χ4n) is 2.24. The summed E-state index contributed by atoms with van der Waals surface area (Å²) in [5, 5.41) is 0. The average Bonchev–Trinajstić information content (AvgIpc) is 2.94. The molecule has 3 nitrogen and oxygen atoms in total. The number of hydrogen-bond donors (Lipinski definition) is 2. The van der Waals surface area contributed by atoms with Gasteiger partial charge in [-0.1, -0.05) is 25.1 Å². The number of rotatable bonds is 7. The van der Waals surface area contributed by atoms with Crippen LogP contribution in [0.3, 0.4) is 0 Å². The third-order valence-electron chi connectivity index (χ3n) is 3.27. The Hall–Kier alpha value is -1.36. The van der Waals surface area contributed by atoms with Gasteiger partial charge in [0.05, 0.1) is 12.6 Å². The summed E-state index contributed by atoms with van der Waals surface area (Å²) in [5.41, 5.74) is 4.03. The van der Waals surface area contributed by atoms with Gasteiger partial charge in [0.25, 0.3) is 0 Å². The van der Waals surface area contributed by atoms with E-state index in [2.05, 4.69) is 30.5 Å². The molecule has 1 unspecified atom stereocenters. The van der Waals surface area contributed by atoms with Crippen LogP contribution in [0.25, 0.3) is 0 Å². The molecule has 0 saturated heterocycles. The van der Waals surface area contributed by atoms with Gasteiger partial charge in [0.15, 0.2) is 0 Å². The first-order valence-electron chi connectivity index (χ1n) is 7.03. The van der Waals surface area contributed by atoms with Crippen LogP contribution in [0.2, 0.25) is 0 Å². The normalized spacial score (nSPS) is 12.3. The molecule has 0 amide bonds. The van der Waals surface area contributed by atoms with Gasteiger partial charge in [-0.15, -0.1) is 11.3 Å². The van der Waals surface area contributed by atoms with Crippen molar-refractivity contribution in [1.82, 2.24) is 5.43 Å². The highest BCUT2D eigenvalue weighted by molar-refractivity contribution is 7.11. The second kappa shape index (κ2) is 7.43. The van der Waals surface area contributed by atoms with Crippen LogP contribution in [-0.4, -0.2) is 6.61 Å². The number of thiophene rings is 1. The molecule has 1 atom stereocenters. The molecule has 0 spiro atoms. The van der Waals surface area contributed by atoms with Crippen LogP contribution in [0, 0.1) is 0 Å². The zero-order valence-electron chi connectivity index (χ0n) is 12.1. The van der Waals surface area contributed by atoms with Gasteiger partial charge in [0, 0.05) is 21.7 Å². The number of aryl methyl sites for hydroxylation is 1. The summed E-state index contributed by atoms with van der Waals surface area (Å²) in [6, 6.07) is 12.5. The zero-order chi connectivity index (χ0) is 14.4. The van der Waals surface area contributed by atoms with Crippen LogP contribution < -0.4 is 16.0 Å². The Morgan fingerprint density at radius 1 is 1.15 bits per heavy atom. The first-order valence-corrected chi connectivity index (χ1v) is 7.85. The minimum atomic E-state index is 0.0705. The van der Waals surface area contributed by atoms with E-state index in [0.717, 1.165) is 24.2 Å². The van der Waals surface area contributed by atoms with Crippen LogP contribution in [0.4, 0.5) is 0 Å². The molecule has 0 saturated carbocycles. The Morgan fingerprint density at radius 2 is 1.90 bits per heavy atom. The molecule has 0 aliphatic carbocycles. The number of para-hydroxylation sites is 1. The van der Waals surface area contributed by atoms with Gasteiger partial charge in [-0.05, 0) is 31.5 Å². The number of hydrogen-bond acceptors (Lipinski definition) is 4. The standard InChI is InChI=1S/C16H22N2OS/c1-3-12-9-10-13(20-12)11-15(18-17)14-7-5-6-8-16(14)19-4-2/h5-10,15,18H,3-4,11,17H2,1-2H3. The van der Waals surface area contributed by atoms with E-state index in [4.69, 9.17) is 10.6 Å². The third kappa shape index (κ3) is 3.60. The van der Waals surface area contributed by atoms with Crippen LogP contribution in [-0.2, 0) is 12.8 Å². The Balaban J connectivity index is 2.19. The first-order chi connectivity index (χ1) is 9.78. The molecule has 20 heavy (non-hydrogen) atoms. The first kappa shape index (κ1) is 15.0. The highest BCUT2D eigenvalue weighted by Crippen LogP contribution is 2.29. The molecule has 1 heterocycles. The van der Waals surface area contributed by atoms with Crippen molar-refractivity contribution in [2.45, 2.75) is 32.7 Å². The van der Waals surface area contributed by atoms with E-state index < -0.39 is 0 Å². The average molecular weight is 290 g/mol. The van der Waals surface area contributed by atoms with Crippen LogP contribution in [0.5, 0.6) is 5.75 Å². The number of nitrogens with two attached hydrogens (primary N) is 1. The molecule has 0 radical (unpaired) electrons. The summed E-state index contributed by atoms with van der Waals surface area (Å²) in [6.45, 7) is 4.83. The number of nitrogens with one attached hydrogen (secondary N) is 1. The molecule has 1 aromatic carbocycles. The molecular formula is C16H22N2OS. The molecule has 1 aromatic heterocycles. The lowest BCUT2D eigenvalue weighted by molar-refractivity contribution is 0.331. The SMILES string of the molecule is CCOc1ccccc1C(Cc1ccc(CC)s1)NN. The maximum absolute atomic E-state index is 5.76. The Bertz CT molecular complexity index is 539. The second-order valence-electron chi connectivity index (χ2n) is 4.62. The molecule has 0 bridgehead atoms. The van der Waals surface area contributed by atoms with Crippen molar-refractivity contribution in [1.29, 1.82) is 0 Å². The van der Waals surface area contributed by atoms with E-state index >= 15 is 0 Å². The van der Waals surface area contributed by atoms with E-state index in [9.17, 15) is 0 Å². The quantitative estimate of drug-likeness (QED) is 0.606. The lowest BCUT2D eigenvalue weighted by Crippen LogP contribution is -2.29. The summed E-state index contributed by atoms with van der Waals surface area (Å²) in [5.74, 6) is 6.66. The van der Waals surface area contributed by atoms with E-state index in [0.29, 0.717) is 6.61 Å². The Labute approximate surface area is 124 Å². The topological polar surface area (TPSA) is 47.3 Å². The second-order valence-corrected chi connectivity index (χ2v) is 5.87. The van der Waals surface area contributed by atoms with Crippen molar-refractivity contribution in [2.75, 3.05) is 6.61 Å². The predicted molar refractivity (Wildman–Crippen MR) is 85.1 cm³/mol. The lowest BCUT2D eigenvalue weighted by Gasteiger charge is -2.19. The highest BCUT2D eigenvalue weighted by Gasteiger charge is 2.16. The van der Waals surface area contributed by atoms with Gasteiger partial charge >= 0.3 is 0 Å². The molecular weight excluding hydrogens is 268 g/mol. The smallest absolute Gasteiger partial charge is 0.124 e. The number of hydrazine groups is 1. The van der Waals surface area contributed by atoms with Crippen molar-refractivity contribution >= 4 is 11.3 Å². The van der Waals surface area contributed by atoms with Crippen LogP contribution >= 0.6 is 11.3 Å². The van der Waals surface area contributed by atoms with Gasteiger partial charge in [0.1, 0.15) is 5.75 Å². The predicted octanol–water partition coefficient (Wildman–Crippen LogP) is 3.46. The maximum atomic E-state index is 5.76. The highest BCUT2D eigenvalue weighted by atomic mass is 32.1. The summed E-state index contributed by atoms with van der Waals surface area (Å²) in [6.07, 6.45) is 1.96. The number of benzene rings is 1. The Kier molecular flexibility index (Phi) is 5.59. The molecule has 4 heteroatoms. The van der Waals surface area contributed by atoms with E-state index in [1.165, 1.54) is 9.75 Å². The fourth-order valence-corrected chi connectivity index (χ4v) is 3.24. The van der Waals surface area contributed by atoms with Gasteiger partial charge < -0.3 is 4.74 Å². The van der Waals surface area contributed by atoms with Crippen molar-refractivity contribution < 1.29 is 4.74 Å². The fraction of sp³-hybridized carbons (Fsp3) is 0.375. The van der Waals surface area contributed by atoms with Crippen molar-refractivity contribution in [2.24, 2.45) is 5.84 Å². The molecule has 0 aliphatic rings. The van der Waals surface area contributed by atoms with Crippen LogP contribution in [0.15, 0.2) is 36.4 Å². The largest absolute Gasteiger partial charge is 0.494 e.